The summed E-state index contributed by atoms with van der Waals surface area (Å²) < 4.78 is 10.6. The molecule has 18 heavy (non-hydrogen) atoms. The maximum absolute atomic E-state index is 5.30. The van der Waals surface area contributed by atoms with Gasteiger partial charge in [0.05, 0.1) is 20.3 Å². The van der Waals surface area contributed by atoms with E-state index in [4.69, 9.17) is 9.47 Å². The van der Waals surface area contributed by atoms with Crippen LogP contribution in [0.5, 0.6) is 11.5 Å². The molecule has 0 saturated carbocycles. The van der Waals surface area contributed by atoms with Crippen molar-refractivity contribution in [2.24, 2.45) is 0 Å². The van der Waals surface area contributed by atoms with Crippen molar-refractivity contribution in [2.75, 3.05) is 21.3 Å². The summed E-state index contributed by atoms with van der Waals surface area (Å²) in [6, 6.07) is 10.3. The average molecular weight is 263 g/mol. The van der Waals surface area contributed by atoms with Crippen LogP contribution in [0.3, 0.4) is 0 Å². The number of thiophene rings is 1. The molecule has 2 aromatic rings. The van der Waals surface area contributed by atoms with Crippen LogP contribution >= 0.6 is 11.3 Å². The first-order valence-electron chi connectivity index (χ1n) is 5.72. The van der Waals surface area contributed by atoms with Crippen molar-refractivity contribution in [3.63, 3.8) is 0 Å². The summed E-state index contributed by atoms with van der Waals surface area (Å²) in [5, 5.41) is 5.40. The van der Waals surface area contributed by atoms with Gasteiger partial charge in [0.15, 0.2) is 0 Å². The van der Waals surface area contributed by atoms with Gasteiger partial charge in [-0.3, -0.25) is 0 Å². The fraction of sp³-hybridized carbons (Fsp3) is 0.286. The summed E-state index contributed by atoms with van der Waals surface area (Å²) in [6.07, 6.45) is 0. The fourth-order valence-electron chi connectivity index (χ4n) is 1.92. The molecule has 1 aromatic heterocycles. The predicted octanol–water partition coefficient (Wildman–Crippen LogP) is 3.07. The van der Waals surface area contributed by atoms with Crippen molar-refractivity contribution in [2.45, 2.75) is 6.04 Å². The van der Waals surface area contributed by atoms with Crippen molar-refractivity contribution >= 4 is 11.3 Å². The molecule has 0 saturated heterocycles. The quantitative estimate of drug-likeness (QED) is 0.899. The highest BCUT2D eigenvalue weighted by atomic mass is 32.1. The Bertz CT molecular complexity index is 474. The van der Waals surface area contributed by atoms with Crippen LogP contribution in [-0.4, -0.2) is 21.3 Å². The number of ether oxygens (including phenoxy) is 2. The van der Waals surface area contributed by atoms with Crippen LogP contribution in [0.25, 0.3) is 0 Å². The normalized spacial score (nSPS) is 12.2. The van der Waals surface area contributed by atoms with E-state index < -0.39 is 0 Å². The van der Waals surface area contributed by atoms with E-state index in [1.54, 1.807) is 25.6 Å². The van der Waals surface area contributed by atoms with Gasteiger partial charge >= 0.3 is 0 Å². The van der Waals surface area contributed by atoms with Gasteiger partial charge in [-0.1, -0.05) is 6.07 Å². The molecule has 0 radical (unpaired) electrons. The van der Waals surface area contributed by atoms with Crippen LogP contribution < -0.4 is 14.8 Å². The van der Waals surface area contributed by atoms with E-state index >= 15 is 0 Å². The Morgan fingerprint density at radius 1 is 1.11 bits per heavy atom. The van der Waals surface area contributed by atoms with Crippen molar-refractivity contribution in [1.82, 2.24) is 5.32 Å². The number of nitrogens with one attached hydrogen (secondary N) is 1. The lowest BCUT2D eigenvalue weighted by atomic mass is 10.0. The lowest BCUT2D eigenvalue weighted by Gasteiger charge is -2.17. The number of rotatable bonds is 5. The van der Waals surface area contributed by atoms with E-state index in [1.807, 2.05) is 25.2 Å². The van der Waals surface area contributed by atoms with E-state index in [2.05, 4.69) is 22.8 Å². The highest BCUT2D eigenvalue weighted by Crippen LogP contribution is 2.31. The molecule has 0 aliphatic heterocycles. The molecule has 0 aliphatic carbocycles. The molecule has 96 valence electrons. The SMILES string of the molecule is CNC(c1cc(OC)cc(OC)c1)c1cccs1. The lowest BCUT2D eigenvalue weighted by molar-refractivity contribution is 0.392. The van der Waals surface area contributed by atoms with Gasteiger partial charge in [-0.15, -0.1) is 11.3 Å². The fourth-order valence-corrected chi connectivity index (χ4v) is 2.79. The number of hydrogen-bond acceptors (Lipinski definition) is 4. The van der Waals surface area contributed by atoms with Gasteiger partial charge in [-0.2, -0.15) is 0 Å². The molecule has 0 amide bonds. The molecule has 2 rings (SSSR count). The summed E-state index contributed by atoms with van der Waals surface area (Å²) in [4.78, 5) is 1.27. The van der Waals surface area contributed by atoms with Crippen molar-refractivity contribution in [3.05, 3.63) is 46.2 Å². The van der Waals surface area contributed by atoms with E-state index in [1.165, 1.54) is 4.88 Å². The van der Waals surface area contributed by atoms with Crippen LogP contribution in [0.2, 0.25) is 0 Å². The zero-order valence-corrected chi connectivity index (χ0v) is 11.6. The molecular weight excluding hydrogens is 246 g/mol. The second-order valence-corrected chi connectivity index (χ2v) is 4.86. The van der Waals surface area contributed by atoms with Gasteiger partial charge in [-0.05, 0) is 36.2 Å². The average Bonchev–Trinajstić information content (AvgIpc) is 2.93. The van der Waals surface area contributed by atoms with Crippen molar-refractivity contribution < 1.29 is 9.47 Å². The first kappa shape index (κ1) is 12.9. The number of benzene rings is 1. The Morgan fingerprint density at radius 3 is 2.22 bits per heavy atom. The molecular formula is C14H17NO2S. The molecule has 0 fully saturated rings. The van der Waals surface area contributed by atoms with Crippen LogP contribution in [0.15, 0.2) is 35.7 Å². The second kappa shape index (κ2) is 5.89. The summed E-state index contributed by atoms with van der Waals surface area (Å²) in [7, 11) is 5.28. The lowest BCUT2D eigenvalue weighted by Crippen LogP contribution is -2.16. The van der Waals surface area contributed by atoms with E-state index in [-0.39, 0.29) is 6.04 Å². The first-order chi connectivity index (χ1) is 8.78. The van der Waals surface area contributed by atoms with Crippen molar-refractivity contribution in [1.29, 1.82) is 0 Å². The van der Waals surface area contributed by atoms with Crippen molar-refractivity contribution in [3.8, 4) is 11.5 Å². The third-order valence-electron chi connectivity index (χ3n) is 2.82. The Morgan fingerprint density at radius 2 is 1.78 bits per heavy atom. The van der Waals surface area contributed by atoms with E-state index in [9.17, 15) is 0 Å². The van der Waals surface area contributed by atoms with Gasteiger partial charge in [0.25, 0.3) is 0 Å². The third kappa shape index (κ3) is 2.66. The molecule has 1 heterocycles. The second-order valence-electron chi connectivity index (χ2n) is 3.88. The molecule has 1 aromatic carbocycles. The van der Waals surface area contributed by atoms with Gasteiger partial charge in [0, 0.05) is 10.9 Å². The Labute approximate surface area is 111 Å². The van der Waals surface area contributed by atoms with Crippen LogP contribution in [0.1, 0.15) is 16.5 Å². The first-order valence-corrected chi connectivity index (χ1v) is 6.60. The zero-order chi connectivity index (χ0) is 13.0. The van der Waals surface area contributed by atoms with Crippen LogP contribution in [-0.2, 0) is 0 Å². The Balaban J connectivity index is 2.41. The summed E-state index contributed by atoms with van der Waals surface area (Å²) >= 11 is 1.73. The van der Waals surface area contributed by atoms with Gasteiger partial charge in [-0.25, -0.2) is 0 Å². The smallest absolute Gasteiger partial charge is 0.122 e. The minimum atomic E-state index is 0.161. The summed E-state index contributed by atoms with van der Waals surface area (Å²) in [5.74, 6) is 1.61. The van der Waals surface area contributed by atoms with E-state index in [0.717, 1.165) is 17.1 Å². The largest absolute Gasteiger partial charge is 0.497 e. The zero-order valence-electron chi connectivity index (χ0n) is 10.8. The molecule has 0 aliphatic rings. The van der Waals surface area contributed by atoms with Crippen LogP contribution in [0.4, 0.5) is 0 Å². The van der Waals surface area contributed by atoms with Gasteiger partial charge in [0.1, 0.15) is 11.5 Å². The maximum atomic E-state index is 5.30. The summed E-state index contributed by atoms with van der Waals surface area (Å²) in [6.45, 7) is 0. The molecule has 1 N–H and O–H groups in total. The third-order valence-corrected chi connectivity index (χ3v) is 3.76. The maximum Gasteiger partial charge on any atom is 0.122 e. The molecule has 0 bridgehead atoms. The number of hydrogen-bond donors (Lipinski definition) is 1. The predicted molar refractivity (Wildman–Crippen MR) is 74.8 cm³/mol. The topological polar surface area (TPSA) is 30.5 Å². The standard InChI is InChI=1S/C14H17NO2S/c1-15-14(13-5-4-6-18-13)10-7-11(16-2)9-12(8-10)17-3/h4-9,14-15H,1-3H3. The highest BCUT2D eigenvalue weighted by Gasteiger charge is 2.15. The summed E-state index contributed by atoms with van der Waals surface area (Å²) in [5.41, 5.74) is 1.14. The monoisotopic (exact) mass is 263 g/mol. The van der Waals surface area contributed by atoms with Crippen LogP contribution in [0, 0.1) is 0 Å². The Kier molecular flexibility index (Phi) is 4.23. The minimum Gasteiger partial charge on any atom is -0.497 e. The number of methoxy groups -OCH3 is 2. The minimum absolute atomic E-state index is 0.161. The molecule has 3 nitrogen and oxygen atoms in total. The molecule has 1 unspecified atom stereocenters. The Hall–Kier alpha value is -1.52. The molecule has 0 spiro atoms. The van der Waals surface area contributed by atoms with Gasteiger partial charge in [0.2, 0.25) is 0 Å². The highest BCUT2D eigenvalue weighted by molar-refractivity contribution is 7.10. The van der Waals surface area contributed by atoms with Gasteiger partial charge < -0.3 is 14.8 Å². The molecule has 4 heteroatoms. The molecule has 1 atom stereocenters. The van der Waals surface area contributed by atoms with E-state index in [0.29, 0.717) is 0 Å².